The van der Waals surface area contributed by atoms with Crippen LogP contribution < -0.4 is 10.4 Å². The Morgan fingerprint density at radius 2 is 1.79 bits per heavy atom. The fraction of sp³-hybridized carbons (Fsp3) is 0.304. The number of carbonyl (C=O) groups excluding carboxylic acids is 1. The maximum atomic E-state index is 12.8. The summed E-state index contributed by atoms with van der Waals surface area (Å²) < 4.78 is 8.75. The maximum Gasteiger partial charge on any atom is 0.333 e. The molecule has 0 saturated heterocycles. The van der Waals surface area contributed by atoms with Gasteiger partial charge >= 0.3 is 5.69 Å². The number of rotatable bonds is 7. The van der Waals surface area contributed by atoms with Gasteiger partial charge in [0, 0.05) is 17.5 Å². The van der Waals surface area contributed by atoms with Gasteiger partial charge in [0.1, 0.15) is 18.5 Å². The van der Waals surface area contributed by atoms with Crippen LogP contribution in [0.15, 0.2) is 53.5 Å². The van der Waals surface area contributed by atoms with Gasteiger partial charge in [-0.25, -0.2) is 4.79 Å². The first kappa shape index (κ1) is 20.6. The first-order chi connectivity index (χ1) is 13.8. The minimum absolute atomic E-state index is 0.0230. The Labute approximate surface area is 170 Å². The zero-order valence-corrected chi connectivity index (χ0v) is 17.2. The number of aryl methyl sites for hydroxylation is 3. The lowest BCUT2D eigenvalue weighted by Crippen LogP contribution is -2.31. The highest BCUT2D eigenvalue weighted by molar-refractivity contribution is 5.94. The molecule has 1 aromatic heterocycles. The molecule has 0 radical (unpaired) electrons. The van der Waals surface area contributed by atoms with Crippen LogP contribution in [0.4, 0.5) is 0 Å². The summed E-state index contributed by atoms with van der Waals surface area (Å²) in [4.78, 5) is 24.3. The molecule has 1 N–H and O–H groups in total. The molecule has 0 aliphatic heterocycles. The number of hydrogen-bond acceptors (Lipinski definition) is 4. The number of aromatic nitrogens is 2. The van der Waals surface area contributed by atoms with E-state index in [0.717, 1.165) is 22.6 Å². The number of imidazole rings is 1. The number of aliphatic hydroxyl groups excluding tert-OH is 1. The topological polar surface area (TPSA) is 73.5 Å². The molecule has 6 nitrogen and oxygen atoms in total. The lowest BCUT2D eigenvalue weighted by atomic mass is 10.1. The molecule has 1 atom stereocenters. The standard InChI is InChI=1S/C23H26N2O4/c1-15-5-10-22(16(2)11-15)29-14-21(27)13-24-12-17(3)25(23(24)28)20-8-6-19(7-9-20)18(4)26/h5-12,21,27H,13-14H2,1-4H3. The molecule has 6 heteroatoms. The molecule has 152 valence electrons. The Morgan fingerprint density at radius 1 is 1.10 bits per heavy atom. The number of ether oxygens (including phenoxy) is 1. The smallest absolute Gasteiger partial charge is 0.333 e. The normalized spacial score (nSPS) is 12.0. The Hall–Kier alpha value is -3.12. The van der Waals surface area contributed by atoms with E-state index in [1.807, 2.05) is 39.0 Å². The number of nitrogens with zero attached hydrogens (tertiary/aromatic N) is 2. The van der Waals surface area contributed by atoms with Crippen LogP contribution in [0.2, 0.25) is 0 Å². The van der Waals surface area contributed by atoms with Gasteiger partial charge in [-0.05, 0) is 63.6 Å². The highest BCUT2D eigenvalue weighted by Crippen LogP contribution is 2.19. The zero-order chi connectivity index (χ0) is 21.1. The molecule has 0 saturated carbocycles. The number of hydrogen-bond donors (Lipinski definition) is 1. The fourth-order valence-electron chi connectivity index (χ4n) is 3.33. The molecule has 1 heterocycles. The van der Waals surface area contributed by atoms with Crippen molar-refractivity contribution in [2.24, 2.45) is 0 Å². The number of benzene rings is 2. The summed E-state index contributed by atoms with van der Waals surface area (Å²) in [5, 5.41) is 10.4. The minimum Gasteiger partial charge on any atom is -0.491 e. The van der Waals surface area contributed by atoms with Gasteiger partial charge in [0.05, 0.1) is 12.2 Å². The number of Topliss-reactive ketones (excluding diaryl/α,β-unsaturated/α-hetero) is 1. The Morgan fingerprint density at radius 3 is 2.41 bits per heavy atom. The van der Waals surface area contributed by atoms with Crippen molar-refractivity contribution in [2.45, 2.75) is 40.3 Å². The van der Waals surface area contributed by atoms with E-state index >= 15 is 0 Å². The molecular formula is C23H26N2O4. The summed E-state index contributed by atoms with van der Waals surface area (Å²) in [7, 11) is 0. The van der Waals surface area contributed by atoms with E-state index in [1.165, 1.54) is 11.5 Å². The maximum absolute atomic E-state index is 12.8. The van der Waals surface area contributed by atoms with Crippen LogP contribution in [0.25, 0.3) is 5.69 Å². The average Bonchev–Trinajstić information content (AvgIpc) is 2.94. The monoisotopic (exact) mass is 394 g/mol. The van der Waals surface area contributed by atoms with Crippen molar-refractivity contribution in [3.63, 3.8) is 0 Å². The summed E-state index contributed by atoms with van der Waals surface area (Å²) in [6.07, 6.45) is 0.880. The molecule has 0 amide bonds. The van der Waals surface area contributed by atoms with Crippen LogP contribution in [-0.4, -0.2) is 32.7 Å². The van der Waals surface area contributed by atoms with Crippen molar-refractivity contribution >= 4 is 5.78 Å². The van der Waals surface area contributed by atoms with Gasteiger partial charge in [0.15, 0.2) is 5.78 Å². The van der Waals surface area contributed by atoms with Gasteiger partial charge in [-0.2, -0.15) is 0 Å². The lowest BCUT2D eigenvalue weighted by molar-refractivity contribution is 0.0912. The van der Waals surface area contributed by atoms with E-state index in [4.69, 9.17) is 4.74 Å². The highest BCUT2D eigenvalue weighted by atomic mass is 16.5. The van der Waals surface area contributed by atoms with Gasteiger partial charge in [-0.1, -0.05) is 17.7 Å². The summed E-state index contributed by atoms with van der Waals surface area (Å²) in [6.45, 7) is 7.52. The molecule has 0 aliphatic rings. The van der Waals surface area contributed by atoms with Crippen molar-refractivity contribution in [2.75, 3.05) is 6.61 Å². The molecule has 3 rings (SSSR count). The van der Waals surface area contributed by atoms with E-state index in [9.17, 15) is 14.7 Å². The van der Waals surface area contributed by atoms with Crippen molar-refractivity contribution in [3.05, 3.63) is 81.5 Å². The third kappa shape index (κ3) is 4.66. The average molecular weight is 394 g/mol. The largest absolute Gasteiger partial charge is 0.491 e. The van der Waals surface area contributed by atoms with Crippen LogP contribution in [0.5, 0.6) is 5.75 Å². The Kier molecular flexibility index (Phi) is 6.03. The van der Waals surface area contributed by atoms with E-state index in [1.54, 1.807) is 35.0 Å². The molecule has 1 unspecified atom stereocenters. The SMILES string of the molecule is CC(=O)c1ccc(-n2c(C)cn(CC(O)COc3ccc(C)cc3C)c2=O)cc1. The van der Waals surface area contributed by atoms with Crippen LogP contribution >= 0.6 is 0 Å². The summed E-state index contributed by atoms with van der Waals surface area (Å²) in [5.41, 5.74) is 3.92. The first-order valence-corrected chi connectivity index (χ1v) is 9.54. The van der Waals surface area contributed by atoms with Crippen molar-refractivity contribution < 1.29 is 14.6 Å². The van der Waals surface area contributed by atoms with Crippen molar-refractivity contribution in [1.82, 2.24) is 9.13 Å². The van der Waals surface area contributed by atoms with Crippen LogP contribution in [0.1, 0.15) is 34.1 Å². The van der Waals surface area contributed by atoms with Gasteiger partial charge in [0.2, 0.25) is 0 Å². The second-order valence-electron chi connectivity index (χ2n) is 7.38. The molecular weight excluding hydrogens is 368 g/mol. The molecule has 0 bridgehead atoms. The van der Waals surface area contributed by atoms with Crippen LogP contribution in [0, 0.1) is 20.8 Å². The first-order valence-electron chi connectivity index (χ1n) is 9.54. The molecule has 0 aliphatic carbocycles. The minimum atomic E-state index is -0.830. The zero-order valence-electron chi connectivity index (χ0n) is 17.2. The number of ketones is 1. The summed E-state index contributed by atoms with van der Waals surface area (Å²) in [6, 6.07) is 12.8. The van der Waals surface area contributed by atoms with E-state index in [2.05, 4.69) is 0 Å². The molecule has 0 fully saturated rings. The molecule has 2 aromatic carbocycles. The number of aliphatic hydroxyl groups is 1. The molecule has 3 aromatic rings. The third-order valence-electron chi connectivity index (χ3n) is 4.83. The van der Waals surface area contributed by atoms with Gasteiger partial charge in [0.25, 0.3) is 0 Å². The van der Waals surface area contributed by atoms with Crippen LogP contribution in [0.3, 0.4) is 0 Å². The summed E-state index contributed by atoms with van der Waals surface area (Å²) >= 11 is 0. The lowest BCUT2D eigenvalue weighted by Gasteiger charge is -2.14. The highest BCUT2D eigenvalue weighted by Gasteiger charge is 2.14. The van der Waals surface area contributed by atoms with Gasteiger partial charge in [-0.15, -0.1) is 0 Å². The Bertz CT molecular complexity index is 1080. The van der Waals surface area contributed by atoms with Crippen molar-refractivity contribution in [3.8, 4) is 11.4 Å². The molecule has 0 spiro atoms. The summed E-state index contributed by atoms with van der Waals surface area (Å²) in [5.74, 6) is 0.700. The molecule has 29 heavy (non-hydrogen) atoms. The predicted octanol–water partition coefficient (Wildman–Crippen LogP) is 3.21. The number of carbonyl (C=O) groups is 1. The second kappa shape index (κ2) is 8.49. The third-order valence-corrected chi connectivity index (χ3v) is 4.83. The van der Waals surface area contributed by atoms with E-state index in [-0.39, 0.29) is 24.6 Å². The Balaban J connectivity index is 1.72. The van der Waals surface area contributed by atoms with E-state index in [0.29, 0.717) is 11.3 Å². The van der Waals surface area contributed by atoms with Gasteiger partial charge in [-0.3, -0.25) is 13.9 Å². The fourth-order valence-corrected chi connectivity index (χ4v) is 3.33. The second-order valence-corrected chi connectivity index (χ2v) is 7.38. The van der Waals surface area contributed by atoms with Gasteiger partial charge < -0.3 is 9.84 Å². The van der Waals surface area contributed by atoms with Crippen molar-refractivity contribution in [1.29, 1.82) is 0 Å². The quantitative estimate of drug-likeness (QED) is 0.625. The van der Waals surface area contributed by atoms with E-state index < -0.39 is 6.10 Å². The van der Waals surface area contributed by atoms with Crippen LogP contribution in [-0.2, 0) is 6.54 Å². The predicted molar refractivity (Wildman–Crippen MR) is 112 cm³/mol.